The van der Waals surface area contributed by atoms with Crippen molar-refractivity contribution in [1.82, 2.24) is 20.6 Å². The minimum atomic E-state index is -3.65. The Morgan fingerprint density at radius 2 is 1.70 bits per heavy atom. The summed E-state index contributed by atoms with van der Waals surface area (Å²) in [5.41, 5.74) is 7.84. The molecule has 1 heterocycles. The van der Waals surface area contributed by atoms with Gasteiger partial charge in [0.1, 0.15) is 6.04 Å². The molecule has 2 amide bonds. The molecule has 0 radical (unpaired) electrons. The van der Waals surface area contributed by atoms with E-state index in [0.29, 0.717) is 18.0 Å². The van der Waals surface area contributed by atoms with Gasteiger partial charge in [0.2, 0.25) is 11.8 Å². The highest BCUT2D eigenvalue weighted by Crippen LogP contribution is 2.35. The van der Waals surface area contributed by atoms with Crippen LogP contribution in [0.2, 0.25) is 0 Å². The lowest BCUT2D eigenvalue weighted by atomic mass is 9.82. The van der Waals surface area contributed by atoms with E-state index in [9.17, 15) is 23.1 Å². The van der Waals surface area contributed by atoms with Gasteiger partial charge in [0, 0.05) is 18.7 Å². The van der Waals surface area contributed by atoms with E-state index in [1.54, 1.807) is 27.0 Å². The summed E-state index contributed by atoms with van der Waals surface area (Å²) in [6, 6.07) is 7.27. The lowest BCUT2D eigenvalue weighted by Crippen LogP contribution is -2.58. The average molecular weight is 630 g/mol. The lowest BCUT2D eigenvalue weighted by molar-refractivity contribution is -0.131. The van der Waals surface area contributed by atoms with Crippen LogP contribution in [0.25, 0.3) is 0 Å². The van der Waals surface area contributed by atoms with E-state index in [1.807, 2.05) is 30.3 Å². The Kier molecular flexibility index (Phi) is 11.6. The number of H-pyrrole nitrogens is 1. The van der Waals surface area contributed by atoms with Crippen molar-refractivity contribution in [3.05, 3.63) is 54.1 Å². The molecule has 1 aromatic carbocycles. The summed E-state index contributed by atoms with van der Waals surface area (Å²) in [5, 5.41) is 17.3. The Morgan fingerprint density at radius 1 is 1.02 bits per heavy atom. The Balaban J connectivity index is 1.56. The quantitative estimate of drug-likeness (QED) is 0.202. The lowest BCUT2D eigenvalue weighted by Gasteiger charge is -2.34. The molecule has 2 saturated carbocycles. The summed E-state index contributed by atoms with van der Waals surface area (Å²) in [6.45, 7) is 4.87. The van der Waals surface area contributed by atoms with Crippen molar-refractivity contribution < 1.29 is 23.1 Å². The van der Waals surface area contributed by atoms with Crippen LogP contribution in [0.3, 0.4) is 0 Å². The van der Waals surface area contributed by atoms with Gasteiger partial charge in [-0.1, -0.05) is 62.4 Å². The van der Waals surface area contributed by atoms with Gasteiger partial charge in [-0.2, -0.15) is 0 Å². The zero-order valence-corrected chi connectivity index (χ0v) is 27.2. The largest absolute Gasteiger partial charge is 0.389 e. The molecule has 2 aliphatic rings. The first-order valence-electron chi connectivity index (χ1n) is 16.1. The summed E-state index contributed by atoms with van der Waals surface area (Å²) in [5.74, 6) is -1.60. The van der Waals surface area contributed by atoms with Gasteiger partial charge in [-0.25, -0.2) is 13.4 Å². The van der Waals surface area contributed by atoms with Crippen LogP contribution in [0, 0.1) is 17.8 Å². The van der Waals surface area contributed by atoms with Crippen molar-refractivity contribution in [2.24, 2.45) is 23.5 Å². The fourth-order valence-corrected chi connectivity index (χ4v) is 7.43. The molecule has 4 rings (SSSR count). The molecule has 2 aliphatic carbocycles. The molecule has 0 spiro atoms. The molecule has 6 N–H and O–H groups in total. The summed E-state index contributed by atoms with van der Waals surface area (Å²) in [4.78, 5) is 35.0. The molecule has 5 atom stereocenters. The van der Waals surface area contributed by atoms with Gasteiger partial charge < -0.3 is 26.5 Å². The number of sulfone groups is 1. The van der Waals surface area contributed by atoms with Gasteiger partial charge in [-0.15, -0.1) is 0 Å². The van der Waals surface area contributed by atoms with Crippen LogP contribution in [-0.4, -0.2) is 70.0 Å². The van der Waals surface area contributed by atoms with Gasteiger partial charge in [-0.3, -0.25) is 9.59 Å². The van der Waals surface area contributed by atoms with Crippen LogP contribution in [-0.2, 0) is 32.3 Å². The summed E-state index contributed by atoms with van der Waals surface area (Å²) >= 11 is 0. The van der Waals surface area contributed by atoms with Gasteiger partial charge >= 0.3 is 0 Å². The maximum Gasteiger partial charge on any atom is 0.243 e. The standard InChI is InChI=1S/C33H51N5O5S/c1-33(2,3)44(42,43)20-25(16-22-10-6-4-7-11-22)31(40)38-28(18-26-19-35-21-36-26)32(41)37-27(17-23-12-8-5-9-13-23)30(39)29(34)24-14-15-24/h4,6-7,10-11,19,21,23-25,27-30,39H,5,8-9,12-18,20,34H2,1-3H3,(H,35,36)(H,37,41)(H,38,40)/t25-,27+,28+,29+,30+/m1/s1. The topological polar surface area (TPSA) is 167 Å². The van der Waals surface area contributed by atoms with Crippen LogP contribution in [0.1, 0.15) is 83.4 Å². The molecular weight excluding hydrogens is 578 g/mol. The van der Waals surface area contributed by atoms with Crippen LogP contribution in [0.5, 0.6) is 0 Å². The maximum absolute atomic E-state index is 14.0. The molecule has 2 aromatic rings. The smallest absolute Gasteiger partial charge is 0.243 e. The second kappa shape index (κ2) is 15.0. The highest BCUT2D eigenvalue weighted by molar-refractivity contribution is 7.92. The Morgan fingerprint density at radius 3 is 2.30 bits per heavy atom. The minimum Gasteiger partial charge on any atom is -0.389 e. The Labute approximate surface area is 262 Å². The number of aromatic amines is 1. The van der Waals surface area contributed by atoms with Crippen molar-refractivity contribution in [3.8, 4) is 0 Å². The number of aliphatic hydroxyl groups is 1. The van der Waals surface area contributed by atoms with Crippen molar-refractivity contribution >= 4 is 21.7 Å². The second-order valence-corrected chi connectivity index (χ2v) is 16.7. The number of aromatic nitrogens is 2. The van der Waals surface area contributed by atoms with Crippen LogP contribution >= 0.6 is 0 Å². The molecule has 0 aliphatic heterocycles. The van der Waals surface area contributed by atoms with E-state index in [-0.39, 0.29) is 24.5 Å². The van der Waals surface area contributed by atoms with Crippen molar-refractivity contribution in [2.45, 2.75) is 114 Å². The molecule has 0 bridgehead atoms. The number of benzene rings is 1. The van der Waals surface area contributed by atoms with E-state index in [2.05, 4.69) is 20.6 Å². The highest BCUT2D eigenvalue weighted by atomic mass is 32.2. The molecule has 10 nitrogen and oxygen atoms in total. The molecule has 244 valence electrons. The zero-order valence-electron chi connectivity index (χ0n) is 26.4. The number of nitrogens with zero attached hydrogens (tertiary/aromatic N) is 1. The second-order valence-electron chi connectivity index (χ2n) is 13.9. The van der Waals surface area contributed by atoms with E-state index < -0.39 is 56.5 Å². The number of carbonyl (C=O) groups is 2. The number of aliphatic hydroxyl groups excluding tert-OH is 1. The van der Waals surface area contributed by atoms with E-state index in [4.69, 9.17) is 5.73 Å². The fourth-order valence-electron chi connectivity index (χ4n) is 6.13. The molecule has 11 heteroatoms. The predicted octanol–water partition coefficient (Wildman–Crippen LogP) is 3.06. The minimum absolute atomic E-state index is 0.103. The number of hydrogen-bond acceptors (Lipinski definition) is 7. The first-order chi connectivity index (χ1) is 20.8. The zero-order chi connectivity index (χ0) is 31.9. The number of nitrogens with two attached hydrogens (primary N) is 1. The third kappa shape index (κ3) is 9.62. The third-order valence-electron chi connectivity index (χ3n) is 9.26. The van der Waals surface area contributed by atoms with Crippen LogP contribution < -0.4 is 16.4 Å². The number of carbonyl (C=O) groups excluding carboxylic acids is 2. The summed E-state index contributed by atoms with van der Waals surface area (Å²) < 4.78 is 25.5. The normalized spacial score (nSPS) is 19.8. The number of nitrogens with one attached hydrogen (secondary N) is 3. The van der Waals surface area contributed by atoms with Gasteiger partial charge in [0.05, 0.1) is 40.6 Å². The summed E-state index contributed by atoms with van der Waals surface area (Å²) in [6.07, 6.45) is 10.7. The highest BCUT2D eigenvalue weighted by Gasteiger charge is 2.40. The molecule has 2 fully saturated rings. The number of imidazole rings is 1. The van der Waals surface area contributed by atoms with Crippen molar-refractivity contribution in [3.63, 3.8) is 0 Å². The van der Waals surface area contributed by atoms with Gasteiger partial charge in [-0.05, 0) is 63.9 Å². The first-order valence-corrected chi connectivity index (χ1v) is 17.8. The monoisotopic (exact) mass is 629 g/mol. The molecule has 0 saturated heterocycles. The number of rotatable bonds is 15. The molecular formula is C33H51N5O5S. The van der Waals surface area contributed by atoms with E-state index >= 15 is 0 Å². The average Bonchev–Trinajstić information content (AvgIpc) is 3.71. The summed E-state index contributed by atoms with van der Waals surface area (Å²) in [7, 11) is -3.65. The third-order valence-corrected chi connectivity index (χ3v) is 12.0. The van der Waals surface area contributed by atoms with Crippen molar-refractivity contribution in [2.75, 3.05) is 5.75 Å². The van der Waals surface area contributed by atoms with E-state index in [0.717, 1.165) is 44.1 Å². The van der Waals surface area contributed by atoms with Gasteiger partial charge in [0.25, 0.3) is 0 Å². The SMILES string of the molecule is CC(C)(C)S(=O)(=O)C[C@@H](Cc1ccccc1)C(=O)N[C@@H](Cc1c[nH]cn1)C(=O)N[C@@H](CC1CCCCC1)[C@H](O)[C@@H](N)C1CC1. The molecule has 0 unspecified atom stereocenters. The Hall–Kier alpha value is -2.76. The van der Waals surface area contributed by atoms with Crippen LogP contribution in [0.15, 0.2) is 42.9 Å². The predicted molar refractivity (Wildman–Crippen MR) is 171 cm³/mol. The number of hydrogen-bond donors (Lipinski definition) is 5. The van der Waals surface area contributed by atoms with Crippen molar-refractivity contribution in [1.29, 1.82) is 0 Å². The van der Waals surface area contributed by atoms with Crippen LogP contribution in [0.4, 0.5) is 0 Å². The first kappa shape index (κ1) is 34.1. The van der Waals surface area contributed by atoms with Gasteiger partial charge in [0.15, 0.2) is 9.84 Å². The maximum atomic E-state index is 14.0. The Bertz CT molecular complexity index is 1300. The molecule has 44 heavy (non-hydrogen) atoms. The number of amides is 2. The fraction of sp³-hybridized carbons (Fsp3) is 0.667. The van der Waals surface area contributed by atoms with E-state index in [1.165, 1.54) is 12.7 Å². The molecule has 1 aromatic heterocycles.